The molecule has 20 heavy (non-hydrogen) atoms. The first-order chi connectivity index (χ1) is 9.52. The Morgan fingerprint density at radius 2 is 2.00 bits per heavy atom. The Bertz CT molecular complexity index is 494. The zero-order chi connectivity index (χ0) is 15.0. The lowest BCUT2D eigenvalue weighted by molar-refractivity contribution is -0.127. The maximum absolute atomic E-state index is 11.8. The van der Waals surface area contributed by atoms with Crippen LogP contribution in [0.1, 0.15) is 25.3 Å². The van der Waals surface area contributed by atoms with Gasteiger partial charge in [-0.15, -0.1) is 0 Å². The monoisotopic (exact) mass is 273 g/mol. The minimum Gasteiger partial charge on any atom is -0.368 e. The molecule has 0 spiro atoms. The van der Waals surface area contributed by atoms with Crippen molar-refractivity contribution >= 4 is 11.8 Å². The number of aryl methyl sites for hydroxylation is 1. The fraction of sp³-hybridized carbons (Fsp3) is 0.400. The summed E-state index contributed by atoms with van der Waals surface area (Å²) in [6, 6.07) is 10.9. The van der Waals surface area contributed by atoms with Crippen LogP contribution in [0.5, 0.6) is 0 Å². The van der Waals surface area contributed by atoms with Crippen molar-refractivity contribution in [3.8, 4) is 6.07 Å². The summed E-state index contributed by atoms with van der Waals surface area (Å²) in [7, 11) is 0. The average molecular weight is 273 g/mol. The third-order valence-electron chi connectivity index (χ3n) is 2.97. The third kappa shape index (κ3) is 5.53. The van der Waals surface area contributed by atoms with Gasteiger partial charge in [-0.25, -0.2) is 0 Å². The standard InChI is InChI=1S/C15H19N3O2/c1-11(10-16)9-13(15(17)20)18-14(19)8-7-12-5-3-2-4-6-12/h2-6,11,13H,7-9H2,1H3,(H2,17,20)(H,18,19)/t11-,13+/m0/s1. The van der Waals surface area contributed by atoms with Crippen molar-refractivity contribution in [1.82, 2.24) is 5.32 Å². The Morgan fingerprint density at radius 1 is 1.35 bits per heavy atom. The number of nitrogens with one attached hydrogen (secondary N) is 1. The molecule has 0 bridgehead atoms. The van der Waals surface area contributed by atoms with E-state index in [1.54, 1.807) is 6.92 Å². The van der Waals surface area contributed by atoms with Crippen LogP contribution in [0.2, 0.25) is 0 Å². The Balaban J connectivity index is 2.46. The van der Waals surface area contributed by atoms with Crippen molar-refractivity contribution in [2.45, 2.75) is 32.2 Å². The summed E-state index contributed by atoms with van der Waals surface area (Å²) in [5, 5.41) is 11.3. The van der Waals surface area contributed by atoms with Crippen LogP contribution in [0.15, 0.2) is 30.3 Å². The Kier molecular flexibility index (Phi) is 6.24. The zero-order valence-electron chi connectivity index (χ0n) is 11.5. The van der Waals surface area contributed by atoms with Gasteiger partial charge in [-0.05, 0) is 25.3 Å². The topological polar surface area (TPSA) is 96.0 Å². The van der Waals surface area contributed by atoms with Crippen molar-refractivity contribution in [2.24, 2.45) is 11.7 Å². The van der Waals surface area contributed by atoms with Crippen LogP contribution in [0, 0.1) is 17.2 Å². The molecule has 3 N–H and O–H groups in total. The molecule has 5 nitrogen and oxygen atoms in total. The summed E-state index contributed by atoms with van der Waals surface area (Å²) in [4.78, 5) is 23.1. The number of carbonyl (C=O) groups excluding carboxylic acids is 2. The number of hydrogen-bond acceptors (Lipinski definition) is 3. The molecule has 0 aromatic heterocycles. The van der Waals surface area contributed by atoms with Gasteiger partial charge < -0.3 is 11.1 Å². The number of nitrogens with two attached hydrogens (primary N) is 1. The Morgan fingerprint density at radius 3 is 2.55 bits per heavy atom. The first-order valence-corrected chi connectivity index (χ1v) is 6.55. The van der Waals surface area contributed by atoms with Crippen LogP contribution < -0.4 is 11.1 Å². The molecule has 0 heterocycles. The van der Waals surface area contributed by atoms with Gasteiger partial charge in [-0.1, -0.05) is 30.3 Å². The molecule has 1 aromatic rings. The van der Waals surface area contributed by atoms with Crippen LogP contribution >= 0.6 is 0 Å². The van der Waals surface area contributed by atoms with Crippen molar-refractivity contribution in [2.75, 3.05) is 0 Å². The number of benzene rings is 1. The lowest BCUT2D eigenvalue weighted by Gasteiger charge is -2.16. The number of amides is 2. The fourth-order valence-corrected chi connectivity index (χ4v) is 1.82. The molecule has 106 valence electrons. The van der Waals surface area contributed by atoms with Gasteiger partial charge in [0, 0.05) is 12.3 Å². The molecule has 0 aliphatic rings. The van der Waals surface area contributed by atoms with E-state index >= 15 is 0 Å². The van der Waals surface area contributed by atoms with Gasteiger partial charge in [0.2, 0.25) is 11.8 Å². The molecule has 0 saturated carbocycles. The molecule has 0 aliphatic carbocycles. The van der Waals surface area contributed by atoms with E-state index in [0.717, 1.165) is 5.56 Å². The minimum atomic E-state index is -0.784. The molecular weight excluding hydrogens is 254 g/mol. The highest BCUT2D eigenvalue weighted by molar-refractivity contribution is 5.86. The molecule has 1 aromatic carbocycles. The summed E-state index contributed by atoms with van der Waals surface area (Å²) in [5.41, 5.74) is 6.29. The number of carbonyl (C=O) groups is 2. The van der Waals surface area contributed by atoms with Crippen molar-refractivity contribution in [3.05, 3.63) is 35.9 Å². The average Bonchev–Trinajstić information content (AvgIpc) is 2.45. The quantitative estimate of drug-likeness (QED) is 0.779. The number of nitriles is 1. The summed E-state index contributed by atoms with van der Waals surface area (Å²) in [6.07, 6.45) is 1.13. The zero-order valence-corrected chi connectivity index (χ0v) is 11.5. The highest BCUT2D eigenvalue weighted by Gasteiger charge is 2.20. The van der Waals surface area contributed by atoms with Crippen LogP contribution in [-0.4, -0.2) is 17.9 Å². The van der Waals surface area contributed by atoms with E-state index in [4.69, 9.17) is 11.0 Å². The number of rotatable bonds is 7. The van der Waals surface area contributed by atoms with Gasteiger partial charge in [0.05, 0.1) is 6.07 Å². The minimum absolute atomic E-state index is 0.234. The summed E-state index contributed by atoms with van der Waals surface area (Å²) < 4.78 is 0. The van der Waals surface area contributed by atoms with Crippen LogP contribution in [0.4, 0.5) is 0 Å². The normalized spacial score (nSPS) is 13.0. The predicted molar refractivity (Wildman–Crippen MR) is 75.3 cm³/mol. The molecular formula is C15H19N3O2. The van der Waals surface area contributed by atoms with Gasteiger partial charge in [-0.3, -0.25) is 9.59 Å². The van der Waals surface area contributed by atoms with Gasteiger partial charge in [0.25, 0.3) is 0 Å². The molecule has 0 saturated heterocycles. The first kappa shape index (κ1) is 15.7. The summed E-state index contributed by atoms with van der Waals surface area (Å²) in [5.74, 6) is -1.18. The predicted octanol–water partition coefficient (Wildman–Crippen LogP) is 1.14. The number of primary amides is 1. The first-order valence-electron chi connectivity index (χ1n) is 6.55. The highest BCUT2D eigenvalue weighted by Crippen LogP contribution is 2.06. The third-order valence-corrected chi connectivity index (χ3v) is 2.97. The van der Waals surface area contributed by atoms with Gasteiger partial charge in [0.15, 0.2) is 0 Å². The van der Waals surface area contributed by atoms with E-state index in [2.05, 4.69) is 5.32 Å². The van der Waals surface area contributed by atoms with Gasteiger partial charge in [-0.2, -0.15) is 5.26 Å². The molecule has 5 heteroatoms. The molecule has 1 rings (SSSR count). The van der Waals surface area contributed by atoms with E-state index in [9.17, 15) is 9.59 Å². The van der Waals surface area contributed by atoms with E-state index in [0.29, 0.717) is 6.42 Å². The largest absolute Gasteiger partial charge is 0.368 e. The molecule has 0 unspecified atom stereocenters. The number of hydrogen-bond donors (Lipinski definition) is 2. The van der Waals surface area contributed by atoms with Crippen LogP contribution in [-0.2, 0) is 16.0 Å². The van der Waals surface area contributed by atoms with E-state index < -0.39 is 11.9 Å². The smallest absolute Gasteiger partial charge is 0.240 e. The van der Waals surface area contributed by atoms with Crippen molar-refractivity contribution in [3.63, 3.8) is 0 Å². The SMILES string of the molecule is C[C@H](C#N)C[C@@H](NC(=O)CCc1ccccc1)C(N)=O. The Labute approximate surface area is 118 Å². The lowest BCUT2D eigenvalue weighted by atomic mass is 10.0. The molecule has 0 aliphatic heterocycles. The molecule has 2 atom stereocenters. The van der Waals surface area contributed by atoms with E-state index in [1.807, 2.05) is 36.4 Å². The second-order valence-electron chi connectivity index (χ2n) is 4.77. The van der Waals surface area contributed by atoms with Gasteiger partial charge >= 0.3 is 0 Å². The highest BCUT2D eigenvalue weighted by atomic mass is 16.2. The maximum Gasteiger partial charge on any atom is 0.240 e. The van der Waals surface area contributed by atoms with Gasteiger partial charge in [0.1, 0.15) is 6.04 Å². The molecule has 0 radical (unpaired) electrons. The number of nitrogens with zero attached hydrogens (tertiary/aromatic N) is 1. The summed E-state index contributed by atoms with van der Waals surface area (Å²) >= 11 is 0. The van der Waals surface area contributed by atoms with E-state index in [1.165, 1.54) is 0 Å². The van der Waals surface area contributed by atoms with Crippen molar-refractivity contribution < 1.29 is 9.59 Å². The fourth-order valence-electron chi connectivity index (χ4n) is 1.82. The lowest BCUT2D eigenvalue weighted by Crippen LogP contribution is -2.45. The second kappa shape index (κ2) is 7.95. The Hall–Kier alpha value is -2.35. The second-order valence-corrected chi connectivity index (χ2v) is 4.77. The maximum atomic E-state index is 11.8. The van der Waals surface area contributed by atoms with Crippen LogP contribution in [0.25, 0.3) is 0 Å². The molecule has 0 fully saturated rings. The van der Waals surface area contributed by atoms with Crippen LogP contribution in [0.3, 0.4) is 0 Å². The summed E-state index contributed by atoms with van der Waals surface area (Å²) in [6.45, 7) is 1.69. The van der Waals surface area contributed by atoms with Crippen molar-refractivity contribution in [1.29, 1.82) is 5.26 Å². The van der Waals surface area contributed by atoms with E-state index in [-0.39, 0.29) is 24.7 Å². The molecule has 2 amide bonds.